The highest BCUT2D eigenvalue weighted by Gasteiger charge is 2.16. The van der Waals surface area contributed by atoms with Crippen molar-refractivity contribution >= 4 is 29.3 Å². The van der Waals surface area contributed by atoms with E-state index in [-0.39, 0.29) is 5.50 Å². The normalized spacial score (nSPS) is 18.6. The number of rotatable bonds is 1. The van der Waals surface area contributed by atoms with E-state index >= 15 is 0 Å². The predicted octanol–water partition coefficient (Wildman–Crippen LogP) is 3.16. The van der Waals surface area contributed by atoms with Crippen LogP contribution in [-0.4, -0.2) is 7.11 Å². The lowest BCUT2D eigenvalue weighted by Crippen LogP contribution is -2.14. The van der Waals surface area contributed by atoms with Gasteiger partial charge in [0.1, 0.15) is 11.3 Å². The van der Waals surface area contributed by atoms with Crippen molar-refractivity contribution in [2.24, 2.45) is 0 Å². The van der Waals surface area contributed by atoms with Gasteiger partial charge in [-0.05, 0) is 35.5 Å². The van der Waals surface area contributed by atoms with E-state index in [0.29, 0.717) is 10.8 Å². The third-order valence-electron chi connectivity index (χ3n) is 2.14. The van der Waals surface area contributed by atoms with E-state index in [1.165, 1.54) is 0 Å². The summed E-state index contributed by atoms with van der Waals surface area (Å²) in [6.07, 6.45) is 3.75. The molecule has 4 heteroatoms. The molecule has 1 N–H and O–H groups in total. The maximum absolute atomic E-state index is 6.05. The van der Waals surface area contributed by atoms with Crippen LogP contribution < -0.4 is 10.1 Å². The van der Waals surface area contributed by atoms with Crippen LogP contribution in [0.15, 0.2) is 18.3 Å². The highest BCUT2D eigenvalue weighted by atomic mass is 35.5. The Morgan fingerprint density at radius 2 is 2.21 bits per heavy atom. The Morgan fingerprint density at radius 1 is 1.43 bits per heavy atom. The van der Waals surface area contributed by atoms with Crippen molar-refractivity contribution in [3.8, 4) is 5.75 Å². The summed E-state index contributed by atoms with van der Waals surface area (Å²) in [6.45, 7) is 0. The molecule has 1 aliphatic heterocycles. The van der Waals surface area contributed by atoms with Gasteiger partial charge >= 0.3 is 0 Å². The van der Waals surface area contributed by atoms with Crippen LogP contribution in [0.5, 0.6) is 5.75 Å². The van der Waals surface area contributed by atoms with Crippen molar-refractivity contribution < 1.29 is 4.74 Å². The second kappa shape index (κ2) is 3.71. The molecule has 14 heavy (non-hydrogen) atoms. The second-order valence-electron chi connectivity index (χ2n) is 2.98. The van der Waals surface area contributed by atoms with Gasteiger partial charge < -0.3 is 10.1 Å². The summed E-state index contributed by atoms with van der Waals surface area (Å²) >= 11 is 12.0. The SMILES string of the molecule is COc1cc2c(cc1Cl)C(Cl)NC=C2. The fourth-order valence-electron chi connectivity index (χ4n) is 1.42. The van der Waals surface area contributed by atoms with Crippen LogP contribution in [-0.2, 0) is 0 Å². The zero-order valence-electron chi connectivity index (χ0n) is 7.55. The Hall–Kier alpha value is -0.860. The zero-order valence-corrected chi connectivity index (χ0v) is 9.06. The molecule has 1 atom stereocenters. The van der Waals surface area contributed by atoms with E-state index in [1.54, 1.807) is 7.11 Å². The minimum atomic E-state index is -0.224. The van der Waals surface area contributed by atoms with Crippen LogP contribution in [0.3, 0.4) is 0 Å². The van der Waals surface area contributed by atoms with Gasteiger partial charge in [-0.15, -0.1) is 0 Å². The summed E-state index contributed by atoms with van der Waals surface area (Å²) in [5, 5.41) is 3.57. The Bertz CT molecular complexity index is 390. The van der Waals surface area contributed by atoms with Crippen molar-refractivity contribution in [3.05, 3.63) is 34.5 Å². The molecule has 74 valence electrons. The smallest absolute Gasteiger partial charge is 0.138 e. The second-order valence-corrected chi connectivity index (χ2v) is 3.82. The lowest BCUT2D eigenvalue weighted by Gasteiger charge is -2.19. The molecule has 1 aromatic rings. The van der Waals surface area contributed by atoms with E-state index < -0.39 is 0 Å². The number of halogens is 2. The van der Waals surface area contributed by atoms with Crippen molar-refractivity contribution in [3.63, 3.8) is 0 Å². The molecule has 0 aliphatic carbocycles. The molecule has 1 aliphatic rings. The summed E-state index contributed by atoms with van der Waals surface area (Å²) in [4.78, 5) is 0. The number of ether oxygens (including phenoxy) is 1. The largest absolute Gasteiger partial charge is 0.495 e. The van der Waals surface area contributed by atoms with E-state index in [4.69, 9.17) is 27.9 Å². The number of hydrogen-bond donors (Lipinski definition) is 1. The highest BCUT2D eigenvalue weighted by Crippen LogP contribution is 2.34. The minimum absolute atomic E-state index is 0.224. The van der Waals surface area contributed by atoms with Gasteiger partial charge in [0, 0.05) is 0 Å². The third-order valence-corrected chi connectivity index (χ3v) is 2.79. The van der Waals surface area contributed by atoms with Gasteiger partial charge in [0.25, 0.3) is 0 Å². The first-order valence-electron chi connectivity index (χ1n) is 4.16. The van der Waals surface area contributed by atoms with Gasteiger partial charge in [-0.25, -0.2) is 0 Å². The van der Waals surface area contributed by atoms with Crippen molar-refractivity contribution in [1.29, 1.82) is 0 Å². The minimum Gasteiger partial charge on any atom is -0.495 e. The number of alkyl halides is 1. The standard InChI is InChI=1S/C10H9Cl2NO/c1-14-9-4-6-2-3-13-10(12)7(6)5-8(9)11/h2-5,10,13H,1H3. The van der Waals surface area contributed by atoms with Gasteiger partial charge in [0.15, 0.2) is 0 Å². The van der Waals surface area contributed by atoms with Crippen molar-refractivity contribution in [2.45, 2.75) is 5.50 Å². The monoisotopic (exact) mass is 229 g/mol. The first kappa shape index (κ1) is 9.69. The molecule has 2 rings (SSSR count). The molecule has 1 heterocycles. The lowest BCUT2D eigenvalue weighted by atomic mass is 10.0. The first-order chi connectivity index (χ1) is 6.72. The summed E-state index contributed by atoms with van der Waals surface area (Å²) in [5.74, 6) is 0.667. The average Bonchev–Trinajstić information content (AvgIpc) is 2.19. The molecular formula is C10H9Cl2NO. The van der Waals surface area contributed by atoms with Crippen LogP contribution in [0.1, 0.15) is 16.6 Å². The molecule has 0 bridgehead atoms. The van der Waals surface area contributed by atoms with Gasteiger partial charge in [-0.3, -0.25) is 0 Å². The van der Waals surface area contributed by atoms with E-state index in [9.17, 15) is 0 Å². The number of nitrogens with one attached hydrogen (secondary N) is 1. The maximum atomic E-state index is 6.05. The van der Waals surface area contributed by atoms with Crippen LogP contribution in [0, 0.1) is 0 Å². The van der Waals surface area contributed by atoms with Gasteiger partial charge in [0.2, 0.25) is 0 Å². The van der Waals surface area contributed by atoms with Gasteiger partial charge in [-0.1, -0.05) is 23.2 Å². The van der Waals surface area contributed by atoms with E-state index in [1.807, 2.05) is 24.4 Å². The fraction of sp³-hybridized carbons (Fsp3) is 0.200. The predicted molar refractivity (Wildman–Crippen MR) is 58.8 cm³/mol. The number of fused-ring (bicyclic) bond motifs is 1. The van der Waals surface area contributed by atoms with Crippen LogP contribution >= 0.6 is 23.2 Å². The lowest BCUT2D eigenvalue weighted by molar-refractivity contribution is 0.414. The average molecular weight is 230 g/mol. The van der Waals surface area contributed by atoms with Gasteiger partial charge in [0.05, 0.1) is 12.1 Å². The topological polar surface area (TPSA) is 21.3 Å². The molecule has 1 unspecified atom stereocenters. The summed E-state index contributed by atoms with van der Waals surface area (Å²) < 4.78 is 5.12. The Balaban J connectivity index is 2.55. The first-order valence-corrected chi connectivity index (χ1v) is 4.98. The quantitative estimate of drug-likeness (QED) is 0.591. The van der Waals surface area contributed by atoms with Crippen molar-refractivity contribution in [1.82, 2.24) is 5.32 Å². The molecule has 0 spiro atoms. The molecule has 2 nitrogen and oxygen atoms in total. The number of methoxy groups -OCH3 is 1. The van der Waals surface area contributed by atoms with Crippen LogP contribution in [0.25, 0.3) is 6.08 Å². The highest BCUT2D eigenvalue weighted by molar-refractivity contribution is 6.32. The summed E-state index contributed by atoms with van der Waals surface area (Å²) in [6, 6.07) is 3.70. The molecule has 0 fully saturated rings. The fourth-order valence-corrected chi connectivity index (χ4v) is 1.93. The van der Waals surface area contributed by atoms with Crippen molar-refractivity contribution in [2.75, 3.05) is 7.11 Å². The molecule has 0 radical (unpaired) electrons. The number of benzene rings is 1. The zero-order chi connectivity index (χ0) is 10.1. The third kappa shape index (κ3) is 1.56. The summed E-state index contributed by atoms with van der Waals surface area (Å²) in [7, 11) is 1.59. The molecule has 0 aromatic heterocycles. The molecular weight excluding hydrogens is 221 g/mol. The Kier molecular flexibility index (Phi) is 2.57. The molecule has 0 saturated heterocycles. The van der Waals surface area contributed by atoms with Crippen LogP contribution in [0.4, 0.5) is 0 Å². The van der Waals surface area contributed by atoms with Crippen LogP contribution in [0.2, 0.25) is 5.02 Å². The molecule has 1 aromatic carbocycles. The summed E-state index contributed by atoms with van der Waals surface area (Å²) in [5.41, 5.74) is 1.78. The molecule has 0 saturated carbocycles. The maximum Gasteiger partial charge on any atom is 0.138 e. The Labute approximate surface area is 92.5 Å². The number of hydrogen-bond acceptors (Lipinski definition) is 2. The van der Waals surface area contributed by atoms with E-state index in [0.717, 1.165) is 11.1 Å². The molecule has 0 amide bonds. The Morgan fingerprint density at radius 3 is 2.93 bits per heavy atom. The van der Waals surface area contributed by atoms with Gasteiger partial charge in [-0.2, -0.15) is 0 Å². The van der Waals surface area contributed by atoms with E-state index in [2.05, 4.69) is 5.32 Å².